The van der Waals surface area contributed by atoms with Gasteiger partial charge in [0.05, 0.1) is 0 Å². The van der Waals surface area contributed by atoms with Crippen LogP contribution in [0.4, 0.5) is 0 Å². The molecule has 3 heteroatoms. The molecule has 0 aliphatic heterocycles. The van der Waals surface area contributed by atoms with E-state index in [4.69, 9.17) is 4.74 Å². The Balaban J connectivity index is 2.92. The topological polar surface area (TPSA) is 29.5 Å². The van der Waals surface area contributed by atoms with Crippen molar-refractivity contribution in [3.8, 4) is 0 Å². The second kappa shape index (κ2) is 6.71. The Morgan fingerprint density at radius 2 is 1.89 bits per heavy atom. The van der Waals surface area contributed by atoms with Crippen molar-refractivity contribution in [2.24, 2.45) is 0 Å². The van der Waals surface area contributed by atoms with Gasteiger partial charge in [-0.1, -0.05) is 37.3 Å². The number of amides is 1. The third-order valence-corrected chi connectivity index (χ3v) is 3.66. The van der Waals surface area contributed by atoms with Crippen LogP contribution in [0.2, 0.25) is 0 Å². The van der Waals surface area contributed by atoms with E-state index in [1.54, 1.807) is 7.11 Å². The predicted octanol–water partition coefficient (Wildman–Crippen LogP) is 3.24. The minimum atomic E-state index is -0.737. The van der Waals surface area contributed by atoms with Crippen LogP contribution in [0, 0.1) is 0 Å². The second-order valence-corrected chi connectivity index (χ2v) is 5.30. The number of hydrogen-bond donors (Lipinski definition) is 0. The van der Waals surface area contributed by atoms with E-state index in [1.165, 1.54) is 0 Å². The average Bonchev–Trinajstić information content (AvgIpc) is 2.44. The summed E-state index contributed by atoms with van der Waals surface area (Å²) in [7, 11) is 1.60. The van der Waals surface area contributed by atoms with Crippen LogP contribution >= 0.6 is 0 Å². The number of rotatable bonds is 6. The van der Waals surface area contributed by atoms with Crippen LogP contribution < -0.4 is 0 Å². The molecule has 19 heavy (non-hydrogen) atoms. The maximum atomic E-state index is 12.7. The summed E-state index contributed by atoms with van der Waals surface area (Å²) in [6, 6.07) is 10.2. The van der Waals surface area contributed by atoms with E-state index >= 15 is 0 Å². The van der Waals surface area contributed by atoms with Crippen LogP contribution in [-0.4, -0.2) is 29.6 Å². The number of ether oxygens (including phenoxy) is 1. The molecular weight excluding hydrogens is 238 g/mol. The number of benzene rings is 1. The summed E-state index contributed by atoms with van der Waals surface area (Å²) >= 11 is 0. The molecule has 3 nitrogen and oxygen atoms in total. The molecule has 0 heterocycles. The Labute approximate surface area is 116 Å². The van der Waals surface area contributed by atoms with Gasteiger partial charge >= 0.3 is 0 Å². The lowest BCUT2D eigenvalue weighted by Crippen LogP contribution is -2.50. The van der Waals surface area contributed by atoms with E-state index in [0.29, 0.717) is 13.0 Å². The average molecular weight is 263 g/mol. The molecule has 0 bridgehead atoms. The molecular formula is C16H25NO2. The summed E-state index contributed by atoms with van der Waals surface area (Å²) in [4.78, 5) is 14.6. The maximum Gasteiger partial charge on any atom is 0.255 e. The van der Waals surface area contributed by atoms with Crippen molar-refractivity contribution in [2.45, 2.75) is 52.3 Å². The Morgan fingerprint density at radius 1 is 1.32 bits per heavy atom. The molecule has 0 saturated heterocycles. The van der Waals surface area contributed by atoms with Crippen molar-refractivity contribution in [1.29, 1.82) is 0 Å². The number of carbonyl (C=O) groups is 1. The lowest BCUT2D eigenvalue weighted by Gasteiger charge is -2.35. The van der Waals surface area contributed by atoms with Gasteiger partial charge in [0.1, 0.15) is 5.60 Å². The number of hydrogen-bond acceptors (Lipinski definition) is 2. The molecule has 0 aliphatic carbocycles. The zero-order valence-electron chi connectivity index (χ0n) is 12.6. The lowest BCUT2D eigenvalue weighted by molar-refractivity contribution is -0.156. The van der Waals surface area contributed by atoms with Gasteiger partial charge < -0.3 is 9.64 Å². The Morgan fingerprint density at radius 3 is 2.32 bits per heavy atom. The zero-order valence-corrected chi connectivity index (χ0v) is 12.6. The summed E-state index contributed by atoms with van der Waals surface area (Å²) in [5.41, 5.74) is 0.401. The van der Waals surface area contributed by atoms with Crippen molar-refractivity contribution < 1.29 is 9.53 Å². The van der Waals surface area contributed by atoms with Gasteiger partial charge in [-0.15, -0.1) is 0 Å². The van der Waals surface area contributed by atoms with Gasteiger partial charge in [0.15, 0.2) is 0 Å². The van der Waals surface area contributed by atoms with Crippen LogP contribution in [0.3, 0.4) is 0 Å². The summed E-state index contributed by atoms with van der Waals surface area (Å²) in [6.07, 6.45) is 0.667. The molecule has 1 aromatic carbocycles. The quantitative estimate of drug-likeness (QED) is 0.788. The number of methoxy groups -OCH3 is 1. The van der Waals surface area contributed by atoms with Crippen molar-refractivity contribution >= 4 is 5.91 Å². The summed E-state index contributed by atoms with van der Waals surface area (Å²) < 4.78 is 5.43. The van der Waals surface area contributed by atoms with E-state index in [9.17, 15) is 4.79 Å². The van der Waals surface area contributed by atoms with Crippen LogP contribution in [0.15, 0.2) is 30.3 Å². The van der Waals surface area contributed by atoms with E-state index in [-0.39, 0.29) is 11.9 Å². The Hall–Kier alpha value is -1.35. The van der Waals surface area contributed by atoms with Gasteiger partial charge in [-0.3, -0.25) is 4.79 Å². The van der Waals surface area contributed by atoms with Gasteiger partial charge in [0.25, 0.3) is 5.91 Å². The third kappa shape index (κ3) is 3.80. The van der Waals surface area contributed by atoms with Crippen molar-refractivity contribution in [2.75, 3.05) is 7.11 Å². The van der Waals surface area contributed by atoms with Crippen molar-refractivity contribution in [1.82, 2.24) is 4.90 Å². The fourth-order valence-electron chi connectivity index (χ4n) is 1.96. The minimum Gasteiger partial charge on any atom is -0.369 e. The number of nitrogens with zero attached hydrogens (tertiary/aromatic N) is 1. The lowest BCUT2D eigenvalue weighted by atomic mass is 10.00. The first-order valence-corrected chi connectivity index (χ1v) is 6.84. The molecule has 0 spiro atoms. The highest BCUT2D eigenvalue weighted by Crippen LogP contribution is 2.21. The first kappa shape index (κ1) is 15.7. The Kier molecular flexibility index (Phi) is 5.55. The van der Waals surface area contributed by atoms with Gasteiger partial charge in [0, 0.05) is 19.7 Å². The third-order valence-electron chi connectivity index (χ3n) is 3.66. The maximum absolute atomic E-state index is 12.7. The fourth-order valence-corrected chi connectivity index (χ4v) is 1.96. The smallest absolute Gasteiger partial charge is 0.255 e. The largest absolute Gasteiger partial charge is 0.369 e. The van der Waals surface area contributed by atoms with E-state index in [0.717, 1.165) is 5.56 Å². The molecule has 0 aromatic heterocycles. The summed E-state index contributed by atoms with van der Waals surface area (Å²) in [6.45, 7) is 8.52. The molecule has 0 radical (unpaired) electrons. The van der Waals surface area contributed by atoms with Crippen LogP contribution in [0.25, 0.3) is 0 Å². The fraction of sp³-hybridized carbons (Fsp3) is 0.562. The monoisotopic (exact) mass is 263 g/mol. The normalized spacial score (nSPS) is 14.2. The molecule has 0 aliphatic rings. The highest BCUT2D eigenvalue weighted by Gasteiger charge is 2.36. The Bertz CT molecular complexity index is 396. The van der Waals surface area contributed by atoms with E-state index in [1.807, 2.05) is 62.9 Å². The molecule has 0 N–H and O–H groups in total. The molecule has 0 saturated carbocycles. The molecule has 1 rings (SSSR count). The van der Waals surface area contributed by atoms with Crippen LogP contribution in [0.5, 0.6) is 0 Å². The molecule has 1 atom stereocenters. The van der Waals surface area contributed by atoms with E-state index in [2.05, 4.69) is 0 Å². The van der Waals surface area contributed by atoms with Crippen molar-refractivity contribution in [3.63, 3.8) is 0 Å². The predicted molar refractivity (Wildman–Crippen MR) is 77.8 cm³/mol. The molecule has 1 amide bonds. The van der Waals surface area contributed by atoms with Crippen LogP contribution in [0.1, 0.15) is 39.7 Å². The van der Waals surface area contributed by atoms with Gasteiger partial charge in [-0.2, -0.15) is 0 Å². The number of carbonyl (C=O) groups excluding carboxylic acids is 1. The first-order chi connectivity index (χ1) is 8.94. The van der Waals surface area contributed by atoms with Crippen molar-refractivity contribution in [3.05, 3.63) is 35.9 Å². The van der Waals surface area contributed by atoms with E-state index < -0.39 is 5.60 Å². The second-order valence-electron chi connectivity index (χ2n) is 5.30. The van der Waals surface area contributed by atoms with Gasteiger partial charge in [0.2, 0.25) is 0 Å². The zero-order chi connectivity index (χ0) is 14.5. The SMILES string of the molecule is CCC(C)(OC)C(=O)N(Cc1ccccc1)C(C)C. The summed E-state index contributed by atoms with van der Waals surface area (Å²) in [5.74, 6) is 0.0522. The molecule has 106 valence electrons. The highest BCUT2D eigenvalue weighted by atomic mass is 16.5. The van der Waals surface area contributed by atoms with Gasteiger partial charge in [-0.25, -0.2) is 0 Å². The molecule has 0 fully saturated rings. The molecule has 1 aromatic rings. The molecule has 1 unspecified atom stereocenters. The van der Waals surface area contributed by atoms with Crippen LogP contribution in [-0.2, 0) is 16.1 Å². The summed E-state index contributed by atoms with van der Waals surface area (Å²) in [5, 5.41) is 0. The van der Waals surface area contributed by atoms with Gasteiger partial charge in [-0.05, 0) is 32.8 Å². The standard InChI is InChI=1S/C16H25NO2/c1-6-16(4,19-5)15(18)17(13(2)3)12-14-10-8-7-9-11-14/h7-11,13H,6,12H2,1-5H3. The first-order valence-electron chi connectivity index (χ1n) is 6.84. The highest BCUT2D eigenvalue weighted by molar-refractivity contribution is 5.85. The minimum absolute atomic E-state index is 0.0522.